The Morgan fingerprint density at radius 1 is 0.312 bits per heavy atom. The zero-order valence-corrected chi connectivity index (χ0v) is 34.4. The lowest BCUT2D eigenvalue weighted by Gasteiger charge is -2.12. The zero-order chi connectivity index (χ0) is 41.9. The maximum absolute atomic E-state index is 7.17. The number of para-hydroxylation sites is 3. The number of rotatable bonds is 5. The molecule has 0 aliphatic rings. The average Bonchev–Trinajstić information content (AvgIpc) is 4.11. The SMILES string of the molecule is c1ccc(-c2cc(-c3ccc4c(c3)c3ccccc3n4-c3ccc4oc5cccnc5c4c3)cc3c2oc2c(-c4ccccc4)cc(-n4c5ccccc5c5ccccc54)cc23)cc1. The van der Waals surface area contributed by atoms with Gasteiger partial charge in [-0.15, -0.1) is 0 Å². The number of fused-ring (bicyclic) bond motifs is 12. The predicted molar refractivity (Wildman–Crippen MR) is 264 cm³/mol. The van der Waals surface area contributed by atoms with Gasteiger partial charge in [0.15, 0.2) is 5.58 Å². The van der Waals surface area contributed by atoms with Crippen molar-refractivity contribution in [1.82, 2.24) is 14.1 Å². The summed E-state index contributed by atoms with van der Waals surface area (Å²) in [4.78, 5) is 4.68. The van der Waals surface area contributed by atoms with Gasteiger partial charge in [0.1, 0.15) is 22.3 Å². The van der Waals surface area contributed by atoms with Crippen LogP contribution >= 0.6 is 0 Å². The average molecular weight is 818 g/mol. The third-order valence-electron chi connectivity index (χ3n) is 13.1. The van der Waals surface area contributed by atoms with E-state index in [1.807, 2.05) is 18.3 Å². The predicted octanol–water partition coefficient (Wildman–Crippen LogP) is 16.1. The van der Waals surface area contributed by atoms with Gasteiger partial charge in [-0.25, -0.2) is 0 Å². The van der Waals surface area contributed by atoms with Gasteiger partial charge < -0.3 is 18.0 Å². The van der Waals surface area contributed by atoms with Crippen LogP contribution in [0.1, 0.15) is 0 Å². The maximum atomic E-state index is 7.17. The molecular weight excluding hydrogens is 783 g/mol. The Balaban J connectivity index is 1.03. The van der Waals surface area contributed by atoms with Crippen LogP contribution in [0.25, 0.3) is 132 Å². The van der Waals surface area contributed by atoms with Crippen LogP contribution in [-0.4, -0.2) is 14.1 Å². The molecule has 0 radical (unpaired) electrons. The van der Waals surface area contributed by atoms with Gasteiger partial charge in [-0.3, -0.25) is 4.98 Å². The fraction of sp³-hybridized carbons (Fsp3) is 0. The molecule has 5 aromatic heterocycles. The van der Waals surface area contributed by atoms with E-state index in [1.54, 1.807) is 0 Å². The Morgan fingerprint density at radius 3 is 1.55 bits per heavy atom. The van der Waals surface area contributed by atoms with Crippen LogP contribution in [0.3, 0.4) is 0 Å². The van der Waals surface area contributed by atoms with Crippen molar-refractivity contribution in [1.29, 1.82) is 0 Å². The number of hydrogen-bond donors (Lipinski definition) is 0. The van der Waals surface area contributed by atoms with Crippen LogP contribution in [0.2, 0.25) is 0 Å². The second-order valence-corrected chi connectivity index (χ2v) is 16.7. The summed E-state index contributed by atoms with van der Waals surface area (Å²) in [5, 5.41) is 7.98. The lowest BCUT2D eigenvalue weighted by molar-refractivity contribution is 0.668. The van der Waals surface area contributed by atoms with E-state index in [1.165, 1.54) is 32.6 Å². The fourth-order valence-corrected chi connectivity index (χ4v) is 10.3. The van der Waals surface area contributed by atoms with Crippen LogP contribution < -0.4 is 0 Å². The van der Waals surface area contributed by atoms with Gasteiger partial charge in [-0.05, 0) is 107 Å². The molecule has 298 valence electrons. The third kappa shape index (κ3) is 5.09. The largest absolute Gasteiger partial charge is 0.455 e. The Hall–Kier alpha value is -8.67. The summed E-state index contributed by atoms with van der Waals surface area (Å²) in [7, 11) is 0. The van der Waals surface area contributed by atoms with Crippen molar-refractivity contribution in [2.45, 2.75) is 0 Å². The fourth-order valence-electron chi connectivity index (χ4n) is 10.3. The molecule has 5 nitrogen and oxygen atoms in total. The molecule has 5 heteroatoms. The summed E-state index contributed by atoms with van der Waals surface area (Å²) in [6, 6.07) is 73.9. The number of benzene rings is 9. The van der Waals surface area contributed by atoms with Gasteiger partial charge in [-0.2, -0.15) is 0 Å². The normalized spacial score (nSPS) is 12.1. The minimum atomic E-state index is 0.790. The summed E-state index contributed by atoms with van der Waals surface area (Å²) in [6.07, 6.45) is 1.83. The summed E-state index contributed by atoms with van der Waals surface area (Å²) < 4.78 is 18.1. The molecule has 0 fully saturated rings. The van der Waals surface area contributed by atoms with Gasteiger partial charge in [0.2, 0.25) is 0 Å². The van der Waals surface area contributed by atoms with Crippen molar-refractivity contribution in [2.24, 2.45) is 0 Å². The maximum Gasteiger partial charge on any atom is 0.153 e. The first-order valence-electron chi connectivity index (χ1n) is 21.7. The minimum Gasteiger partial charge on any atom is -0.455 e. The molecule has 14 rings (SSSR count). The van der Waals surface area contributed by atoms with Crippen LogP contribution in [0.5, 0.6) is 0 Å². The van der Waals surface area contributed by atoms with Gasteiger partial charge >= 0.3 is 0 Å². The van der Waals surface area contributed by atoms with E-state index in [0.29, 0.717) is 0 Å². The Bertz CT molecular complexity index is 4140. The Morgan fingerprint density at radius 2 is 0.859 bits per heavy atom. The van der Waals surface area contributed by atoms with Crippen LogP contribution in [-0.2, 0) is 0 Å². The Kier molecular flexibility index (Phi) is 7.33. The molecule has 0 unspecified atom stereocenters. The van der Waals surface area contributed by atoms with Crippen LogP contribution in [0.4, 0.5) is 0 Å². The standard InChI is InChI=1S/C59H35N3O2/c1-3-14-36(15-4-1)45-31-39(38-25-27-54-47(30-38)44-20-9-12-23-53(44)61(54)40-26-28-55-50(33-40)57-56(63-55)24-13-29-60-57)32-48-49-35-41(34-46(59(49)64-58(45)48)37-16-5-2-6-17-37)62-51-21-10-7-18-42(51)43-19-8-11-22-52(43)62/h1-35H. The molecule has 14 aromatic rings. The van der Waals surface area contributed by atoms with Crippen LogP contribution in [0.15, 0.2) is 221 Å². The molecule has 0 bridgehead atoms. The molecule has 0 saturated carbocycles. The van der Waals surface area contributed by atoms with E-state index >= 15 is 0 Å². The van der Waals surface area contributed by atoms with Crippen molar-refractivity contribution < 1.29 is 8.83 Å². The van der Waals surface area contributed by atoms with Crippen molar-refractivity contribution in [3.63, 3.8) is 0 Å². The van der Waals surface area contributed by atoms with Gasteiger partial charge in [-0.1, -0.05) is 121 Å². The van der Waals surface area contributed by atoms with Gasteiger partial charge in [0, 0.05) is 66.4 Å². The summed E-state index contributed by atoms with van der Waals surface area (Å²) in [5.74, 6) is 0. The van der Waals surface area contributed by atoms with Crippen LogP contribution in [0, 0.1) is 0 Å². The first-order valence-corrected chi connectivity index (χ1v) is 21.7. The third-order valence-corrected chi connectivity index (χ3v) is 13.1. The minimum absolute atomic E-state index is 0.790. The highest BCUT2D eigenvalue weighted by atomic mass is 16.3. The quantitative estimate of drug-likeness (QED) is 0.174. The van der Waals surface area contributed by atoms with E-state index < -0.39 is 0 Å². The molecular formula is C59H35N3O2. The van der Waals surface area contributed by atoms with E-state index in [2.05, 4.69) is 208 Å². The molecule has 9 aromatic carbocycles. The molecule has 0 aliphatic carbocycles. The van der Waals surface area contributed by atoms with Crippen molar-refractivity contribution in [3.05, 3.63) is 212 Å². The topological polar surface area (TPSA) is 49.0 Å². The van der Waals surface area contributed by atoms with Gasteiger partial charge in [0.05, 0.1) is 22.1 Å². The van der Waals surface area contributed by atoms with Crippen molar-refractivity contribution in [2.75, 3.05) is 0 Å². The summed E-state index contributed by atoms with van der Waals surface area (Å²) in [6.45, 7) is 0. The monoisotopic (exact) mass is 817 g/mol. The zero-order valence-electron chi connectivity index (χ0n) is 34.4. The summed E-state index contributed by atoms with van der Waals surface area (Å²) in [5.41, 5.74) is 17.6. The lowest BCUT2D eigenvalue weighted by Crippen LogP contribution is -1.95. The lowest BCUT2D eigenvalue weighted by atomic mass is 9.94. The second-order valence-electron chi connectivity index (χ2n) is 16.7. The number of aromatic nitrogens is 3. The van der Waals surface area contributed by atoms with E-state index in [-0.39, 0.29) is 0 Å². The highest BCUT2D eigenvalue weighted by molar-refractivity contribution is 6.17. The van der Waals surface area contributed by atoms with E-state index in [0.717, 1.165) is 99.8 Å². The van der Waals surface area contributed by atoms with Crippen molar-refractivity contribution >= 4 is 87.6 Å². The van der Waals surface area contributed by atoms with E-state index in [4.69, 9.17) is 8.83 Å². The summed E-state index contributed by atoms with van der Waals surface area (Å²) >= 11 is 0. The first kappa shape index (κ1) is 35.0. The molecule has 0 spiro atoms. The van der Waals surface area contributed by atoms with E-state index in [9.17, 15) is 0 Å². The molecule has 0 amide bonds. The molecule has 0 saturated heterocycles. The van der Waals surface area contributed by atoms with Crippen molar-refractivity contribution in [3.8, 4) is 44.8 Å². The second kappa shape index (κ2) is 13.4. The number of furan rings is 2. The molecule has 64 heavy (non-hydrogen) atoms. The molecule has 5 heterocycles. The van der Waals surface area contributed by atoms with Gasteiger partial charge in [0.25, 0.3) is 0 Å². The number of pyridine rings is 1. The number of hydrogen-bond acceptors (Lipinski definition) is 3. The highest BCUT2D eigenvalue weighted by Gasteiger charge is 2.22. The Labute approximate surface area is 366 Å². The smallest absolute Gasteiger partial charge is 0.153 e. The first-order chi connectivity index (χ1) is 31.7. The number of nitrogens with zero attached hydrogens (tertiary/aromatic N) is 3. The molecule has 0 N–H and O–H groups in total. The highest BCUT2D eigenvalue weighted by Crippen LogP contribution is 2.45. The molecule has 0 atom stereocenters. The molecule has 0 aliphatic heterocycles.